The Kier molecular flexibility index (Phi) is 7.48. The van der Waals surface area contributed by atoms with Gasteiger partial charge in [0.25, 0.3) is 0 Å². The van der Waals surface area contributed by atoms with E-state index < -0.39 is 0 Å². The highest BCUT2D eigenvalue weighted by atomic mass is 16.5. The highest BCUT2D eigenvalue weighted by Crippen LogP contribution is 2.30. The number of benzene rings is 2. The van der Waals surface area contributed by atoms with Crippen LogP contribution in [0.4, 0.5) is 5.69 Å². The van der Waals surface area contributed by atoms with Crippen molar-refractivity contribution >= 4 is 28.5 Å². The molecule has 1 aromatic heterocycles. The minimum absolute atomic E-state index is 0.0410. The number of ether oxygens (including phenoxy) is 2. The van der Waals surface area contributed by atoms with Crippen LogP contribution in [0.25, 0.3) is 11.0 Å². The Balaban J connectivity index is 1.53. The first-order valence-corrected chi connectivity index (χ1v) is 10.3. The van der Waals surface area contributed by atoms with Crippen LogP contribution in [-0.4, -0.2) is 53.1 Å². The third kappa shape index (κ3) is 5.75. The minimum atomic E-state index is -0.282. The van der Waals surface area contributed by atoms with Crippen molar-refractivity contribution in [1.82, 2.24) is 14.5 Å². The number of hydrogen-bond acceptors (Lipinski definition) is 5. The van der Waals surface area contributed by atoms with E-state index in [-0.39, 0.29) is 24.8 Å². The van der Waals surface area contributed by atoms with E-state index in [4.69, 9.17) is 9.47 Å². The predicted octanol–water partition coefficient (Wildman–Crippen LogP) is 3.32. The molecule has 0 unspecified atom stereocenters. The first-order valence-electron chi connectivity index (χ1n) is 10.3. The number of rotatable bonds is 10. The van der Waals surface area contributed by atoms with Crippen molar-refractivity contribution in [1.29, 1.82) is 0 Å². The Bertz CT molecular complexity index is 1050. The lowest BCUT2D eigenvalue weighted by Gasteiger charge is -2.18. The normalized spacial score (nSPS) is 10.7. The maximum absolute atomic E-state index is 12.5. The lowest BCUT2D eigenvalue weighted by atomic mass is 10.2. The second-order valence-electron chi connectivity index (χ2n) is 7.00. The molecule has 0 saturated heterocycles. The number of aryl methyl sites for hydroxylation is 1. The van der Waals surface area contributed by atoms with Gasteiger partial charge in [-0.2, -0.15) is 0 Å². The Labute approximate surface area is 181 Å². The van der Waals surface area contributed by atoms with E-state index in [0.717, 1.165) is 11.0 Å². The van der Waals surface area contributed by atoms with E-state index in [1.165, 1.54) is 4.90 Å². The van der Waals surface area contributed by atoms with E-state index >= 15 is 0 Å². The van der Waals surface area contributed by atoms with Crippen molar-refractivity contribution in [3.05, 3.63) is 48.8 Å². The van der Waals surface area contributed by atoms with Gasteiger partial charge in [0, 0.05) is 31.8 Å². The van der Waals surface area contributed by atoms with Gasteiger partial charge in [-0.15, -0.1) is 0 Å². The van der Waals surface area contributed by atoms with Crippen molar-refractivity contribution in [2.45, 2.75) is 26.8 Å². The molecule has 0 atom stereocenters. The van der Waals surface area contributed by atoms with Crippen LogP contribution in [-0.2, 0) is 16.1 Å². The molecule has 0 saturated carbocycles. The fourth-order valence-electron chi connectivity index (χ4n) is 3.23. The summed E-state index contributed by atoms with van der Waals surface area (Å²) in [6, 6.07) is 13.0. The van der Waals surface area contributed by atoms with Gasteiger partial charge in [0.1, 0.15) is 0 Å². The molecule has 0 fully saturated rings. The molecule has 3 aromatic rings. The molecule has 0 radical (unpaired) electrons. The van der Waals surface area contributed by atoms with Crippen LogP contribution in [0.5, 0.6) is 11.5 Å². The van der Waals surface area contributed by atoms with Crippen LogP contribution in [0.2, 0.25) is 0 Å². The lowest BCUT2D eigenvalue weighted by Crippen LogP contribution is -2.35. The van der Waals surface area contributed by atoms with Gasteiger partial charge in [0.15, 0.2) is 11.5 Å². The van der Waals surface area contributed by atoms with Crippen LogP contribution in [0.3, 0.4) is 0 Å². The molecule has 8 heteroatoms. The summed E-state index contributed by atoms with van der Waals surface area (Å²) in [4.78, 5) is 30.7. The van der Waals surface area contributed by atoms with Gasteiger partial charge in [-0.25, -0.2) is 4.98 Å². The van der Waals surface area contributed by atoms with Gasteiger partial charge in [0.05, 0.1) is 37.1 Å². The summed E-state index contributed by atoms with van der Waals surface area (Å²) in [6.45, 7) is 5.25. The molecule has 0 bridgehead atoms. The van der Waals surface area contributed by atoms with Crippen LogP contribution < -0.4 is 14.8 Å². The highest BCUT2D eigenvalue weighted by molar-refractivity contribution is 5.94. The molecular weight excluding hydrogens is 396 g/mol. The molecule has 164 valence electrons. The van der Waals surface area contributed by atoms with E-state index in [0.29, 0.717) is 36.9 Å². The Morgan fingerprint density at radius 2 is 1.81 bits per heavy atom. The quantitative estimate of drug-likeness (QED) is 0.540. The van der Waals surface area contributed by atoms with E-state index in [1.54, 1.807) is 31.6 Å². The number of hydrogen-bond donors (Lipinski definition) is 1. The van der Waals surface area contributed by atoms with Crippen molar-refractivity contribution in [2.24, 2.45) is 0 Å². The van der Waals surface area contributed by atoms with Gasteiger partial charge >= 0.3 is 0 Å². The second-order valence-corrected chi connectivity index (χ2v) is 7.00. The van der Waals surface area contributed by atoms with Gasteiger partial charge in [0.2, 0.25) is 11.8 Å². The number of fused-ring (bicyclic) bond motifs is 1. The Hall–Kier alpha value is -3.55. The first-order chi connectivity index (χ1) is 15.0. The van der Waals surface area contributed by atoms with Gasteiger partial charge in [-0.3, -0.25) is 9.59 Å². The molecule has 31 heavy (non-hydrogen) atoms. The van der Waals surface area contributed by atoms with Crippen LogP contribution in [0.15, 0.2) is 48.8 Å². The van der Waals surface area contributed by atoms with Gasteiger partial charge in [-0.1, -0.05) is 12.1 Å². The molecule has 1 N–H and O–H groups in total. The molecule has 0 spiro atoms. The minimum Gasteiger partial charge on any atom is -0.490 e. The molecule has 2 amide bonds. The number of aromatic nitrogens is 2. The summed E-state index contributed by atoms with van der Waals surface area (Å²) in [6.07, 6.45) is 2.01. The molecule has 0 aliphatic heterocycles. The SMILES string of the molecule is CCOc1ccc(NC(=O)CN(C)C(=O)CCn2cnc3ccccc32)cc1OCC. The summed E-state index contributed by atoms with van der Waals surface area (Å²) in [7, 11) is 1.62. The van der Waals surface area contributed by atoms with E-state index in [9.17, 15) is 9.59 Å². The fourth-order valence-corrected chi connectivity index (χ4v) is 3.23. The molecule has 0 aliphatic carbocycles. The van der Waals surface area contributed by atoms with Gasteiger partial charge < -0.3 is 24.3 Å². The summed E-state index contributed by atoms with van der Waals surface area (Å²) >= 11 is 0. The third-order valence-electron chi connectivity index (χ3n) is 4.73. The number of carbonyl (C=O) groups excluding carboxylic acids is 2. The maximum Gasteiger partial charge on any atom is 0.243 e. The number of carbonyl (C=O) groups is 2. The van der Waals surface area contributed by atoms with Crippen molar-refractivity contribution in [3.63, 3.8) is 0 Å². The number of anilines is 1. The molecular formula is C23H28N4O4. The Morgan fingerprint density at radius 3 is 2.58 bits per heavy atom. The molecule has 8 nitrogen and oxygen atoms in total. The van der Waals surface area contributed by atoms with Crippen LogP contribution in [0.1, 0.15) is 20.3 Å². The van der Waals surface area contributed by atoms with Gasteiger partial charge in [-0.05, 0) is 38.1 Å². The smallest absolute Gasteiger partial charge is 0.243 e. The zero-order chi connectivity index (χ0) is 22.2. The molecule has 1 heterocycles. The number of amides is 2. The average molecular weight is 425 g/mol. The fraction of sp³-hybridized carbons (Fsp3) is 0.348. The number of imidazole rings is 1. The second kappa shape index (κ2) is 10.5. The summed E-state index contributed by atoms with van der Waals surface area (Å²) in [5, 5.41) is 2.81. The van der Waals surface area contributed by atoms with Crippen molar-refractivity contribution < 1.29 is 19.1 Å². The number of nitrogens with zero attached hydrogens (tertiary/aromatic N) is 3. The van der Waals surface area contributed by atoms with Crippen molar-refractivity contribution in [2.75, 3.05) is 32.1 Å². The highest BCUT2D eigenvalue weighted by Gasteiger charge is 2.15. The summed E-state index contributed by atoms with van der Waals surface area (Å²) in [5.74, 6) is 0.797. The first kappa shape index (κ1) is 22.1. The van der Waals surface area contributed by atoms with Crippen LogP contribution >= 0.6 is 0 Å². The third-order valence-corrected chi connectivity index (χ3v) is 4.73. The van der Waals surface area contributed by atoms with E-state index in [2.05, 4.69) is 10.3 Å². The number of likely N-dealkylation sites (N-methyl/N-ethyl adjacent to an activating group) is 1. The summed E-state index contributed by atoms with van der Waals surface area (Å²) in [5.41, 5.74) is 2.46. The molecule has 3 rings (SSSR count). The maximum atomic E-state index is 12.5. The topological polar surface area (TPSA) is 85.7 Å². The predicted molar refractivity (Wildman–Crippen MR) is 119 cm³/mol. The lowest BCUT2D eigenvalue weighted by molar-refractivity contribution is -0.133. The largest absolute Gasteiger partial charge is 0.490 e. The van der Waals surface area contributed by atoms with Crippen LogP contribution in [0, 0.1) is 0 Å². The number of para-hydroxylation sites is 2. The standard InChI is InChI=1S/C23H28N4O4/c1-4-30-20-11-10-17(14-21(20)31-5-2)25-22(28)15-26(3)23(29)12-13-27-16-24-18-8-6-7-9-19(18)27/h6-11,14,16H,4-5,12-13,15H2,1-3H3,(H,25,28). The monoisotopic (exact) mass is 424 g/mol. The van der Waals surface area contributed by atoms with E-state index in [1.807, 2.05) is 42.7 Å². The molecule has 0 aliphatic rings. The zero-order valence-electron chi connectivity index (χ0n) is 18.1. The number of nitrogens with one attached hydrogen (secondary N) is 1. The van der Waals surface area contributed by atoms with Crippen molar-refractivity contribution in [3.8, 4) is 11.5 Å². The zero-order valence-corrected chi connectivity index (χ0v) is 18.1. The molecule has 2 aromatic carbocycles. The average Bonchev–Trinajstić information content (AvgIpc) is 3.17. The summed E-state index contributed by atoms with van der Waals surface area (Å²) < 4.78 is 13.1. The Morgan fingerprint density at radius 1 is 1.06 bits per heavy atom.